The first-order chi connectivity index (χ1) is 33.1. The van der Waals surface area contributed by atoms with E-state index in [2.05, 4.69) is 213 Å². The Morgan fingerprint density at radius 1 is 0.456 bits per heavy atom. The topological polar surface area (TPSA) is 17.1 Å². The molecule has 0 saturated carbocycles. The van der Waals surface area contributed by atoms with Crippen LogP contribution < -0.4 is 0 Å². The highest BCUT2D eigenvalue weighted by Crippen LogP contribution is 2.61. The Morgan fingerprint density at radius 3 is 1.22 bits per heavy atom. The second-order valence-corrected chi connectivity index (χ2v) is 24.3. The molecule has 68 heavy (non-hydrogen) atoms. The summed E-state index contributed by atoms with van der Waals surface area (Å²) in [5.74, 6) is 0.111. The number of hydrogen-bond donors (Lipinski definition) is 0. The molecule has 0 aliphatic heterocycles. The summed E-state index contributed by atoms with van der Waals surface area (Å²) in [6, 6.07) is 44.8. The van der Waals surface area contributed by atoms with Crippen molar-refractivity contribution in [1.29, 1.82) is 0 Å². The van der Waals surface area contributed by atoms with Crippen molar-refractivity contribution >= 4 is 69.5 Å². The van der Waals surface area contributed by atoms with E-state index in [4.69, 9.17) is 0 Å². The Balaban J connectivity index is 1.41. The van der Waals surface area contributed by atoms with Crippen molar-refractivity contribution in [2.45, 2.75) is 164 Å². The van der Waals surface area contributed by atoms with Gasteiger partial charge in [-0.05, 0) is 155 Å². The molecule has 0 bridgehead atoms. The maximum atomic E-state index is 16.6. The predicted molar refractivity (Wildman–Crippen MR) is 306 cm³/mol. The molecule has 0 heterocycles. The average molecular weight is 1160 g/mol. The quantitative estimate of drug-likeness (QED) is 0.0335. The number of alkyl halides is 2. The monoisotopic (exact) mass is 1160 g/mol. The van der Waals surface area contributed by atoms with E-state index >= 15 is 4.79 Å². The summed E-state index contributed by atoms with van der Waals surface area (Å²) in [7, 11) is 0. The van der Waals surface area contributed by atoms with Crippen LogP contribution in [-0.2, 0) is 10.8 Å². The predicted octanol–water partition coefficient (Wildman–Crippen LogP) is 20.9. The lowest BCUT2D eigenvalue weighted by Gasteiger charge is -2.36. The van der Waals surface area contributed by atoms with E-state index in [0.29, 0.717) is 9.65 Å². The summed E-state index contributed by atoms with van der Waals surface area (Å²) < 4.78 is 2.23. The van der Waals surface area contributed by atoms with Crippen LogP contribution in [0.5, 0.6) is 0 Å². The lowest BCUT2D eigenvalue weighted by atomic mass is 9.67. The van der Waals surface area contributed by atoms with Crippen molar-refractivity contribution in [3.63, 3.8) is 0 Å². The summed E-state index contributed by atoms with van der Waals surface area (Å²) in [4.78, 5) is 17.5. The molecule has 356 valence electrons. The molecule has 1 nitrogen and oxygen atoms in total. The zero-order valence-corrected chi connectivity index (χ0v) is 47.2. The normalized spacial score (nSPS) is 17.6. The third-order valence-corrected chi connectivity index (χ3v) is 18.8. The van der Waals surface area contributed by atoms with Gasteiger partial charge >= 0.3 is 0 Å². The van der Waals surface area contributed by atoms with Crippen LogP contribution in [-0.4, -0.2) is 15.4 Å². The standard InChI is InChI=1S/C63H70Br4O/c1-5-9-11-19-37-62(39-21-27-45(64)7-3)55-41-47(66)29-31-49(55)51-33-35-53(57(59(51)62)43-23-15-13-16-24-43)61(68)54-36-34-52-50-32-30-48(67)42-56(50)63(38-20-12-10-6-2,40-22-28-46(65)8-4)60(52)58(54)44-25-17-14-18-26-44/h13-18,23-26,29-36,41-42,45-46H,5-12,19-22,27-28,37-40H2,1-4H3. The molecule has 4 unspecified atom stereocenters. The summed E-state index contributed by atoms with van der Waals surface area (Å²) >= 11 is 15.9. The lowest BCUT2D eigenvalue weighted by molar-refractivity contribution is 0.103. The van der Waals surface area contributed by atoms with Crippen LogP contribution in [0.1, 0.15) is 181 Å². The van der Waals surface area contributed by atoms with Gasteiger partial charge in [-0.3, -0.25) is 4.79 Å². The van der Waals surface area contributed by atoms with E-state index in [0.717, 1.165) is 119 Å². The van der Waals surface area contributed by atoms with Crippen molar-refractivity contribution in [2.24, 2.45) is 0 Å². The highest BCUT2D eigenvalue weighted by Gasteiger charge is 2.48. The Kier molecular flexibility index (Phi) is 17.7. The van der Waals surface area contributed by atoms with Crippen molar-refractivity contribution in [1.82, 2.24) is 0 Å². The Bertz CT molecular complexity index is 2490. The minimum Gasteiger partial charge on any atom is -0.289 e. The summed E-state index contributed by atoms with van der Waals surface area (Å²) in [5.41, 5.74) is 16.3. The smallest absolute Gasteiger partial charge is 0.194 e. The van der Waals surface area contributed by atoms with Crippen LogP contribution in [0, 0.1) is 0 Å². The van der Waals surface area contributed by atoms with Crippen LogP contribution in [0.25, 0.3) is 44.5 Å². The Labute approximate surface area is 442 Å². The minimum absolute atomic E-state index is 0.111. The van der Waals surface area contributed by atoms with Crippen LogP contribution in [0.2, 0.25) is 0 Å². The largest absolute Gasteiger partial charge is 0.289 e. The SMILES string of the molecule is CCCCCCC1(CCCC(Br)CC)c2cc(Br)ccc2-c2ccc(C(=O)c3ccc4c(c3-c3ccccc3)C(CCCCCC)(CCCC(Br)CC)c3cc(Br)ccc3-4)c(-c3ccccc3)c21. The molecule has 0 radical (unpaired) electrons. The van der Waals surface area contributed by atoms with Crippen molar-refractivity contribution in [3.8, 4) is 44.5 Å². The van der Waals surface area contributed by atoms with Crippen LogP contribution in [0.3, 0.4) is 0 Å². The molecule has 8 rings (SSSR count). The van der Waals surface area contributed by atoms with E-state index < -0.39 is 0 Å². The molecule has 6 aromatic rings. The fourth-order valence-corrected chi connectivity index (χ4v) is 13.6. The van der Waals surface area contributed by atoms with Gasteiger partial charge in [-0.25, -0.2) is 0 Å². The second kappa shape index (κ2) is 23.4. The van der Waals surface area contributed by atoms with Crippen molar-refractivity contribution < 1.29 is 4.79 Å². The molecular formula is C63H70Br4O. The molecule has 5 heteroatoms. The fourth-order valence-electron chi connectivity index (χ4n) is 12.2. The molecule has 0 saturated heterocycles. The third kappa shape index (κ3) is 10.3. The summed E-state index contributed by atoms with van der Waals surface area (Å²) in [6.45, 7) is 9.18. The number of hydrogen-bond acceptors (Lipinski definition) is 1. The molecule has 0 N–H and O–H groups in total. The van der Waals surface area contributed by atoms with Gasteiger partial charge in [-0.1, -0.05) is 241 Å². The average Bonchev–Trinajstić information content (AvgIpc) is 3.79. The fraction of sp³-hybridized carbons (Fsp3) is 0.413. The van der Waals surface area contributed by atoms with Crippen molar-refractivity contribution in [2.75, 3.05) is 0 Å². The number of ketones is 1. The molecule has 0 aromatic heterocycles. The zero-order valence-electron chi connectivity index (χ0n) is 40.8. The van der Waals surface area contributed by atoms with Crippen LogP contribution >= 0.6 is 63.7 Å². The van der Waals surface area contributed by atoms with Gasteiger partial charge in [0.05, 0.1) is 0 Å². The van der Waals surface area contributed by atoms with Crippen molar-refractivity contribution in [3.05, 3.63) is 164 Å². The lowest BCUT2D eigenvalue weighted by Crippen LogP contribution is -2.28. The van der Waals surface area contributed by atoms with E-state index in [9.17, 15) is 0 Å². The minimum atomic E-state index is -0.251. The first-order valence-corrected chi connectivity index (χ1v) is 29.4. The molecular weight excluding hydrogens is 1090 g/mol. The molecule has 0 spiro atoms. The molecule has 6 aromatic carbocycles. The first-order valence-electron chi connectivity index (χ1n) is 26.0. The van der Waals surface area contributed by atoms with Gasteiger partial charge in [0.25, 0.3) is 0 Å². The maximum absolute atomic E-state index is 16.6. The van der Waals surface area contributed by atoms with Gasteiger partial charge in [0.15, 0.2) is 5.78 Å². The van der Waals surface area contributed by atoms with Gasteiger partial charge in [0.1, 0.15) is 0 Å². The number of unbranched alkanes of at least 4 members (excludes halogenated alkanes) is 6. The van der Waals surface area contributed by atoms with E-state index in [1.807, 2.05) is 0 Å². The maximum Gasteiger partial charge on any atom is 0.194 e. The van der Waals surface area contributed by atoms with Gasteiger partial charge in [-0.15, -0.1) is 0 Å². The highest BCUT2D eigenvalue weighted by atomic mass is 79.9. The third-order valence-electron chi connectivity index (χ3n) is 15.6. The number of rotatable bonds is 24. The van der Waals surface area contributed by atoms with Gasteiger partial charge < -0.3 is 0 Å². The zero-order chi connectivity index (χ0) is 47.8. The summed E-state index contributed by atoms with van der Waals surface area (Å²) in [6.07, 6.45) is 20.4. The Hall–Kier alpha value is -3.09. The summed E-state index contributed by atoms with van der Waals surface area (Å²) in [5, 5.41) is 0. The van der Waals surface area contributed by atoms with E-state index in [1.165, 1.54) is 83.0 Å². The molecule has 0 amide bonds. The highest BCUT2D eigenvalue weighted by molar-refractivity contribution is 9.11. The molecule has 2 aliphatic rings. The van der Waals surface area contributed by atoms with Gasteiger partial charge in [0.2, 0.25) is 0 Å². The van der Waals surface area contributed by atoms with E-state index in [1.54, 1.807) is 0 Å². The second-order valence-electron chi connectivity index (χ2n) is 19.8. The number of carbonyl (C=O) groups is 1. The Morgan fingerprint density at radius 2 is 0.838 bits per heavy atom. The number of halogens is 4. The van der Waals surface area contributed by atoms with E-state index in [-0.39, 0.29) is 16.6 Å². The number of fused-ring (bicyclic) bond motifs is 6. The van der Waals surface area contributed by atoms with Gasteiger partial charge in [-0.2, -0.15) is 0 Å². The van der Waals surface area contributed by atoms with Gasteiger partial charge in [0, 0.05) is 40.6 Å². The number of carbonyl (C=O) groups excluding carboxylic acids is 1. The number of benzene rings is 6. The molecule has 0 fully saturated rings. The first kappa shape index (κ1) is 51.3. The van der Waals surface area contributed by atoms with Crippen LogP contribution in [0.4, 0.5) is 0 Å². The molecule has 4 atom stereocenters. The molecule has 2 aliphatic carbocycles. The van der Waals surface area contributed by atoms with Crippen LogP contribution in [0.15, 0.2) is 130 Å².